The van der Waals surface area contributed by atoms with E-state index in [9.17, 15) is 0 Å². The molecule has 0 spiro atoms. The third kappa shape index (κ3) is 3.56. The second kappa shape index (κ2) is 6.18. The molecule has 0 bridgehead atoms. The van der Waals surface area contributed by atoms with Crippen molar-refractivity contribution in [2.75, 3.05) is 36.2 Å². The van der Waals surface area contributed by atoms with Gasteiger partial charge in [-0.1, -0.05) is 5.16 Å². The van der Waals surface area contributed by atoms with Crippen molar-refractivity contribution in [3.05, 3.63) is 17.5 Å². The molecule has 0 aliphatic heterocycles. The molecule has 2 aromatic rings. The summed E-state index contributed by atoms with van der Waals surface area (Å²) in [6, 6.07) is 1.87. The van der Waals surface area contributed by atoms with E-state index in [1.165, 1.54) is 0 Å². The van der Waals surface area contributed by atoms with E-state index in [4.69, 9.17) is 4.52 Å². The van der Waals surface area contributed by atoms with E-state index in [1.807, 2.05) is 38.9 Å². The summed E-state index contributed by atoms with van der Waals surface area (Å²) in [6.07, 6.45) is 0. The number of aryl methyl sites for hydroxylation is 1. The van der Waals surface area contributed by atoms with E-state index in [-0.39, 0.29) is 0 Å². The molecule has 0 unspecified atom stereocenters. The van der Waals surface area contributed by atoms with Gasteiger partial charge >= 0.3 is 0 Å². The van der Waals surface area contributed by atoms with Crippen LogP contribution in [0.25, 0.3) is 0 Å². The van der Waals surface area contributed by atoms with Crippen molar-refractivity contribution in [3.8, 4) is 0 Å². The van der Waals surface area contributed by atoms with Gasteiger partial charge < -0.3 is 20.1 Å². The fraction of sp³-hybridized carbons (Fsp3) is 0.500. The van der Waals surface area contributed by atoms with Crippen LogP contribution in [0.15, 0.2) is 10.6 Å². The summed E-state index contributed by atoms with van der Waals surface area (Å²) in [5.74, 6) is 2.36. The minimum Gasteiger partial charge on any atom is -0.359 e. The number of anilines is 3. The van der Waals surface area contributed by atoms with E-state index in [0.717, 1.165) is 18.0 Å². The highest BCUT2D eigenvalue weighted by Gasteiger charge is 2.08. The number of rotatable bonds is 6. The van der Waals surface area contributed by atoms with Crippen LogP contribution in [0.3, 0.4) is 0 Å². The predicted molar refractivity (Wildman–Crippen MR) is 76.9 cm³/mol. The molecule has 0 aliphatic carbocycles. The summed E-state index contributed by atoms with van der Waals surface area (Å²) >= 11 is 0. The fourth-order valence-corrected chi connectivity index (χ4v) is 1.55. The zero-order valence-electron chi connectivity index (χ0n) is 12.1. The van der Waals surface area contributed by atoms with Gasteiger partial charge in [-0.3, -0.25) is 0 Å². The smallest absolute Gasteiger partial charge is 0.231 e. The number of aromatic nitrogens is 4. The Morgan fingerprint density at radius 3 is 2.40 bits per heavy atom. The normalized spacial score (nSPS) is 10.4. The molecule has 0 aromatic carbocycles. The van der Waals surface area contributed by atoms with Crippen LogP contribution in [0.4, 0.5) is 17.8 Å². The largest absolute Gasteiger partial charge is 0.359 e. The molecule has 108 valence electrons. The van der Waals surface area contributed by atoms with Gasteiger partial charge in [-0.15, -0.1) is 0 Å². The Morgan fingerprint density at radius 1 is 1.15 bits per heavy atom. The van der Waals surface area contributed by atoms with Crippen LogP contribution in [-0.2, 0) is 6.54 Å². The van der Waals surface area contributed by atoms with Crippen molar-refractivity contribution in [2.45, 2.75) is 20.4 Å². The van der Waals surface area contributed by atoms with Crippen LogP contribution in [0.5, 0.6) is 0 Å². The maximum Gasteiger partial charge on any atom is 0.231 e. The summed E-state index contributed by atoms with van der Waals surface area (Å²) in [5, 5.41) is 10.0. The third-order valence-corrected chi connectivity index (χ3v) is 2.46. The maximum absolute atomic E-state index is 5.13. The number of hydrogen-bond donors (Lipinski definition) is 2. The summed E-state index contributed by atoms with van der Waals surface area (Å²) < 4.78 is 5.13. The van der Waals surface area contributed by atoms with Crippen LogP contribution in [0.2, 0.25) is 0 Å². The van der Waals surface area contributed by atoms with Crippen molar-refractivity contribution in [1.29, 1.82) is 0 Å². The SMILES string of the molecule is CCNc1nc(NCc2cc(C)no2)nc(N(C)C)n1. The van der Waals surface area contributed by atoms with Gasteiger partial charge in [0.2, 0.25) is 17.8 Å². The van der Waals surface area contributed by atoms with Gasteiger partial charge in [0.25, 0.3) is 0 Å². The Balaban J connectivity index is 2.13. The summed E-state index contributed by atoms with van der Waals surface area (Å²) in [4.78, 5) is 14.7. The quantitative estimate of drug-likeness (QED) is 0.815. The second-order valence-electron chi connectivity index (χ2n) is 4.50. The molecule has 0 fully saturated rings. The van der Waals surface area contributed by atoms with E-state index < -0.39 is 0 Å². The lowest BCUT2D eigenvalue weighted by Crippen LogP contribution is -2.17. The molecule has 20 heavy (non-hydrogen) atoms. The van der Waals surface area contributed by atoms with E-state index >= 15 is 0 Å². The van der Waals surface area contributed by atoms with Crippen molar-refractivity contribution >= 4 is 17.8 Å². The van der Waals surface area contributed by atoms with E-state index in [0.29, 0.717) is 24.4 Å². The number of hydrogen-bond acceptors (Lipinski definition) is 8. The summed E-state index contributed by atoms with van der Waals surface area (Å²) in [7, 11) is 3.77. The van der Waals surface area contributed by atoms with Crippen LogP contribution in [0.1, 0.15) is 18.4 Å². The average molecular weight is 277 g/mol. The first-order valence-electron chi connectivity index (χ1n) is 6.42. The van der Waals surface area contributed by atoms with Crippen LogP contribution < -0.4 is 15.5 Å². The lowest BCUT2D eigenvalue weighted by Gasteiger charge is -2.13. The third-order valence-electron chi connectivity index (χ3n) is 2.46. The van der Waals surface area contributed by atoms with Gasteiger partial charge in [0, 0.05) is 26.7 Å². The first kappa shape index (κ1) is 14.0. The maximum atomic E-state index is 5.13. The highest BCUT2D eigenvalue weighted by molar-refractivity contribution is 5.42. The van der Waals surface area contributed by atoms with E-state index in [1.54, 1.807) is 0 Å². The molecule has 0 radical (unpaired) electrons. The number of nitrogens with zero attached hydrogens (tertiary/aromatic N) is 5. The predicted octanol–water partition coefficient (Wildman–Crippen LogP) is 1.28. The lowest BCUT2D eigenvalue weighted by atomic mass is 10.4. The molecule has 0 saturated carbocycles. The molecule has 0 amide bonds. The number of nitrogens with one attached hydrogen (secondary N) is 2. The first-order chi connectivity index (χ1) is 9.58. The van der Waals surface area contributed by atoms with Gasteiger partial charge in [-0.2, -0.15) is 15.0 Å². The van der Waals surface area contributed by atoms with Crippen molar-refractivity contribution in [1.82, 2.24) is 20.1 Å². The van der Waals surface area contributed by atoms with Gasteiger partial charge in [-0.05, 0) is 13.8 Å². The monoisotopic (exact) mass is 277 g/mol. The zero-order valence-corrected chi connectivity index (χ0v) is 12.1. The Bertz CT molecular complexity index is 567. The topological polar surface area (TPSA) is 92.0 Å². The molecule has 2 aromatic heterocycles. The van der Waals surface area contributed by atoms with Crippen molar-refractivity contribution < 1.29 is 4.52 Å². The Morgan fingerprint density at radius 2 is 1.85 bits per heavy atom. The molecular formula is C12H19N7O. The molecule has 0 atom stereocenters. The van der Waals surface area contributed by atoms with Gasteiger partial charge in [0.05, 0.1) is 12.2 Å². The standard InChI is InChI=1S/C12H19N7O/c1-5-13-10-15-11(17-12(16-10)19(3)4)14-7-9-6-8(2)18-20-9/h6H,5,7H2,1-4H3,(H2,13,14,15,16,17). The van der Waals surface area contributed by atoms with Crippen LogP contribution in [-0.4, -0.2) is 40.7 Å². The van der Waals surface area contributed by atoms with Crippen molar-refractivity contribution in [3.63, 3.8) is 0 Å². The molecule has 0 saturated heterocycles. The first-order valence-corrected chi connectivity index (χ1v) is 6.42. The molecule has 2 heterocycles. The Labute approximate surface area is 117 Å². The van der Waals surface area contributed by atoms with Crippen LogP contribution >= 0.6 is 0 Å². The average Bonchev–Trinajstić information content (AvgIpc) is 2.82. The minimum absolute atomic E-state index is 0.475. The van der Waals surface area contributed by atoms with Gasteiger partial charge in [0.1, 0.15) is 0 Å². The van der Waals surface area contributed by atoms with Gasteiger partial charge in [-0.25, -0.2) is 0 Å². The lowest BCUT2D eigenvalue weighted by molar-refractivity contribution is 0.384. The summed E-state index contributed by atoms with van der Waals surface area (Å²) in [6.45, 7) is 5.09. The molecule has 8 heteroatoms. The fourth-order valence-electron chi connectivity index (χ4n) is 1.55. The molecule has 8 nitrogen and oxygen atoms in total. The molecule has 2 N–H and O–H groups in total. The van der Waals surface area contributed by atoms with Gasteiger partial charge in [0.15, 0.2) is 5.76 Å². The van der Waals surface area contributed by atoms with Crippen LogP contribution in [0, 0.1) is 6.92 Å². The Kier molecular flexibility index (Phi) is 4.34. The minimum atomic E-state index is 0.475. The molecule has 0 aliphatic rings. The molecule has 2 rings (SSSR count). The van der Waals surface area contributed by atoms with E-state index in [2.05, 4.69) is 30.7 Å². The zero-order chi connectivity index (χ0) is 14.5. The summed E-state index contributed by atoms with van der Waals surface area (Å²) in [5.41, 5.74) is 0.847. The second-order valence-corrected chi connectivity index (χ2v) is 4.50. The highest BCUT2D eigenvalue weighted by Crippen LogP contribution is 2.12. The van der Waals surface area contributed by atoms with Crippen molar-refractivity contribution in [2.24, 2.45) is 0 Å². The Hall–Kier alpha value is -2.38. The molecular weight excluding hydrogens is 258 g/mol. The highest BCUT2D eigenvalue weighted by atomic mass is 16.5.